The largest absolute Gasteiger partial charge is 0.461 e. The van der Waals surface area contributed by atoms with E-state index in [0.29, 0.717) is 42.4 Å². The fraction of sp³-hybridized carbons (Fsp3) is 0.452. The summed E-state index contributed by atoms with van der Waals surface area (Å²) in [7, 11) is 0.449. The second kappa shape index (κ2) is 18.8. The molecule has 2 N–H and O–H groups in total. The molecule has 0 saturated heterocycles. The van der Waals surface area contributed by atoms with Gasteiger partial charge < -0.3 is 29.4 Å². The number of carbonyl (C=O) groups excluding carboxylic acids is 3. The Morgan fingerprint density at radius 3 is 2.49 bits per heavy atom. The number of hydrogen-bond acceptors (Lipinski definition) is 7. The third-order valence-electron chi connectivity index (χ3n) is 6.42. The molecule has 0 atom stereocenters. The zero-order chi connectivity index (χ0) is 29.1. The Bertz CT molecular complexity index is 1140. The fourth-order valence-electron chi connectivity index (χ4n) is 4.32. The van der Waals surface area contributed by atoms with Gasteiger partial charge in [-0.1, -0.05) is 61.0 Å². The van der Waals surface area contributed by atoms with Crippen molar-refractivity contribution in [3.63, 3.8) is 0 Å². The molecule has 2 aromatic rings. The van der Waals surface area contributed by atoms with Crippen molar-refractivity contribution in [1.29, 1.82) is 0 Å². The molecule has 0 saturated carbocycles. The van der Waals surface area contributed by atoms with Crippen LogP contribution in [0.3, 0.4) is 0 Å². The molecule has 0 fully saturated rings. The minimum Gasteiger partial charge on any atom is -0.461 e. The van der Waals surface area contributed by atoms with Gasteiger partial charge >= 0.3 is 12.1 Å². The highest BCUT2D eigenvalue weighted by Crippen LogP contribution is 2.29. The number of hydrogen-bond donors (Lipinski definition) is 2. The van der Waals surface area contributed by atoms with Crippen molar-refractivity contribution in [2.75, 3.05) is 44.4 Å². The lowest BCUT2D eigenvalue weighted by Crippen LogP contribution is -2.31. The molecule has 2 aromatic carbocycles. The molecule has 9 nitrogen and oxygen atoms in total. The average molecular weight is 580 g/mol. The Balaban J connectivity index is 1.25. The van der Waals surface area contributed by atoms with E-state index in [0.717, 1.165) is 54.1 Å². The zero-order valence-electron chi connectivity index (χ0n) is 23.9. The maximum Gasteiger partial charge on any atom is 0.407 e. The van der Waals surface area contributed by atoms with Gasteiger partial charge in [0.15, 0.2) is 0 Å². The van der Waals surface area contributed by atoms with Crippen LogP contribution in [0.15, 0.2) is 48.5 Å². The van der Waals surface area contributed by atoms with E-state index < -0.39 is 12.1 Å². The van der Waals surface area contributed by atoms with Crippen LogP contribution in [0, 0.1) is 0 Å². The maximum absolute atomic E-state index is 13.3. The summed E-state index contributed by atoms with van der Waals surface area (Å²) in [5.74, 6) is -0.289. The van der Waals surface area contributed by atoms with Crippen LogP contribution in [0.25, 0.3) is 12.2 Å². The van der Waals surface area contributed by atoms with Crippen molar-refractivity contribution >= 4 is 45.6 Å². The van der Waals surface area contributed by atoms with Gasteiger partial charge in [0.05, 0.1) is 18.8 Å². The molecule has 2 radical (unpaired) electrons. The summed E-state index contributed by atoms with van der Waals surface area (Å²) in [5, 5.41) is 5.72. The molecule has 0 aromatic heterocycles. The van der Waals surface area contributed by atoms with Crippen molar-refractivity contribution in [3.05, 3.63) is 65.2 Å². The normalized spacial score (nSPS) is 12.9. The lowest BCUT2D eigenvalue weighted by Gasteiger charge is -2.27. The summed E-state index contributed by atoms with van der Waals surface area (Å²) in [6.45, 7) is 4.49. The van der Waals surface area contributed by atoms with Gasteiger partial charge in [0.2, 0.25) is 15.7 Å². The third kappa shape index (κ3) is 11.9. The number of ether oxygens (including phenoxy) is 2. The van der Waals surface area contributed by atoms with Gasteiger partial charge in [-0.05, 0) is 61.5 Å². The van der Waals surface area contributed by atoms with E-state index in [1.54, 1.807) is 0 Å². The maximum atomic E-state index is 13.3. The van der Waals surface area contributed by atoms with Gasteiger partial charge in [-0.25, -0.2) is 4.79 Å². The summed E-state index contributed by atoms with van der Waals surface area (Å²) in [6.07, 6.45) is 7.43. The van der Waals surface area contributed by atoms with Gasteiger partial charge in [0.25, 0.3) is 0 Å². The lowest BCUT2D eigenvalue weighted by molar-refractivity contribution is -0.143. The van der Waals surface area contributed by atoms with Crippen molar-refractivity contribution < 1.29 is 28.3 Å². The van der Waals surface area contributed by atoms with Crippen LogP contribution in [-0.2, 0) is 30.0 Å². The predicted octanol–water partition coefficient (Wildman–Crippen LogP) is 4.59. The molecule has 1 aliphatic heterocycles. The first-order valence-electron chi connectivity index (χ1n) is 14.4. The number of esters is 1. The topological polar surface area (TPSA) is 106 Å². The van der Waals surface area contributed by atoms with Crippen LogP contribution in [0.1, 0.15) is 55.7 Å². The molecular weight excluding hydrogens is 538 g/mol. The van der Waals surface area contributed by atoms with Crippen LogP contribution in [0.2, 0.25) is 6.04 Å². The number of para-hydroxylation sites is 1. The molecule has 10 heteroatoms. The first-order valence-corrected chi connectivity index (χ1v) is 15.5. The summed E-state index contributed by atoms with van der Waals surface area (Å²) in [5.41, 5.74) is 4.22. The van der Waals surface area contributed by atoms with Crippen molar-refractivity contribution in [2.24, 2.45) is 0 Å². The molecule has 3 rings (SSSR count). The summed E-state index contributed by atoms with van der Waals surface area (Å²) < 4.78 is 15.3. The Morgan fingerprint density at radius 2 is 1.63 bits per heavy atom. The Hall–Kier alpha value is -3.47. The molecule has 2 amide bonds. The second-order valence-corrected chi connectivity index (χ2v) is 10.6. The number of fused-ring (bicyclic) bond motifs is 2. The minimum absolute atomic E-state index is 0.00959. The first kappa shape index (κ1) is 32.0. The van der Waals surface area contributed by atoms with E-state index in [2.05, 4.69) is 34.9 Å². The third-order valence-corrected chi connectivity index (χ3v) is 7.47. The van der Waals surface area contributed by atoms with E-state index in [-0.39, 0.29) is 25.7 Å². The van der Waals surface area contributed by atoms with E-state index in [1.807, 2.05) is 48.2 Å². The number of carbonyl (C=O) groups is 3. The van der Waals surface area contributed by atoms with Gasteiger partial charge in [0, 0.05) is 19.6 Å². The zero-order valence-corrected chi connectivity index (χ0v) is 24.9. The van der Waals surface area contributed by atoms with Crippen LogP contribution < -0.4 is 15.5 Å². The van der Waals surface area contributed by atoms with Crippen LogP contribution in [0.5, 0.6) is 0 Å². The van der Waals surface area contributed by atoms with Crippen molar-refractivity contribution in [1.82, 2.24) is 10.6 Å². The average Bonchev–Trinajstić information content (AvgIpc) is 2.97. The van der Waals surface area contributed by atoms with Gasteiger partial charge in [-0.2, -0.15) is 0 Å². The van der Waals surface area contributed by atoms with E-state index in [1.165, 1.54) is 0 Å². The van der Waals surface area contributed by atoms with Gasteiger partial charge in [-0.3, -0.25) is 9.59 Å². The standard InChI is InChI=1S/C31H41N3O6Si/c1-2-40-41-22-10-19-33-31(37)39-21-20-38-30(36)23-32-18-9-3-4-15-29(35)34-24-27-13-6-5-11-25(27)16-17-26-12-7-8-14-28(26)34/h5-8,11-14,16-17,32H,2-4,9-10,15,18-24H2,1H3,(H,33,37)/b17-16-. The quantitative estimate of drug-likeness (QED) is 0.160. The van der Waals surface area contributed by atoms with Crippen LogP contribution in [-0.4, -0.2) is 67.2 Å². The number of nitrogens with one attached hydrogen (secondary N) is 2. The van der Waals surface area contributed by atoms with Gasteiger partial charge in [-0.15, -0.1) is 0 Å². The fourth-order valence-corrected chi connectivity index (χ4v) is 4.99. The number of rotatable bonds is 17. The smallest absolute Gasteiger partial charge is 0.407 e. The van der Waals surface area contributed by atoms with E-state index in [4.69, 9.17) is 13.9 Å². The monoisotopic (exact) mass is 579 g/mol. The van der Waals surface area contributed by atoms with Crippen molar-refractivity contribution in [2.45, 2.75) is 51.6 Å². The van der Waals surface area contributed by atoms with Crippen LogP contribution >= 0.6 is 0 Å². The number of nitrogens with zero attached hydrogens (tertiary/aromatic N) is 1. The molecule has 220 valence electrons. The summed E-state index contributed by atoms with van der Waals surface area (Å²) >= 11 is 0. The molecule has 0 aliphatic carbocycles. The highest BCUT2D eigenvalue weighted by Gasteiger charge is 2.20. The molecule has 0 unspecified atom stereocenters. The summed E-state index contributed by atoms with van der Waals surface area (Å²) in [4.78, 5) is 38.6. The van der Waals surface area contributed by atoms with E-state index in [9.17, 15) is 14.4 Å². The number of alkyl carbamates (subject to hydrolysis) is 1. The van der Waals surface area contributed by atoms with Gasteiger partial charge in [0.1, 0.15) is 13.2 Å². The van der Waals surface area contributed by atoms with E-state index >= 15 is 0 Å². The summed E-state index contributed by atoms with van der Waals surface area (Å²) in [6, 6.07) is 17.1. The second-order valence-electron chi connectivity index (χ2n) is 9.52. The number of benzene rings is 2. The Morgan fingerprint density at radius 1 is 0.878 bits per heavy atom. The molecular formula is C31H41N3O6Si. The lowest BCUT2D eigenvalue weighted by atomic mass is 10.0. The SMILES string of the molecule is CCO[Si]CCCNC(=O)OCCOC(=O)CNCCCCCC(=O)N1Cc2ccccc2/C=C\c2ccccc21. The highest BCUT2D eigenvalue weighted by atomic mass is 28.2. The highest BCUT2D eigenvalue weighted by molar-refractivity contribution is 6.26. The number of unbranched alkanes of at least 4 members (excludes halogenated alkanes) is 2. The number of anilines is 1. The predicted molar refractivity (Wildman–Crippen MR) is 161 cm³/mol. The molecule has 0 bridgehead atoms. The van der Waals surface area contributed by atoms with Crippen molar-refractivity contribution in [3.8, 4) is 0 Å². The Labute approximate surface area is 245 Å². The van der Waals surface area contributed by atoms with Crippen LogP contribution in [0.4, 0.5) is 10.5 Å². The number of amides is 2. The molecule has 0 spiro atoms. The molecule has 1 aliphatic rings. The first-order chi connectivity index (χ1) is 20.1. The molecule has 1 heterocycles. The minimum atomic E-state index is -0.519. The Kier molecular flexibility index (Phi) is 14.7. The molecule has 41 heavy (non-hydrogen) atoms.